The molecule has 4 heteroatoms. The standard InChI is InChI=1S/C14H21F2NS/c1-4-9(2)8-18-14-12(15)6-11(5-10(3)17)7-13(14)16/h6-7,9-10H,4-5,8,17H2,1-3H3. The molecule has 18 heavy (non-hydrogen) atoms. The summed E-state index contributed by atoms with van der Waals surface area (Å²) in [5.74, 6) is 0.243. The van der Waals surface area contributed by atoms with E-state index in [2.05, 4.69) is 13.8 Å². The third-order valence-electron chi connectivity index (χ3n) is 2.82. The van der Waals surface area contributed by atoms with Crippen molar-refractivity contribution >= 4 is 11.8 Å². The zero-order valence-corrected chi connectivity index (χ0v) is 12.0. The van der Waals surface area contributed by atoms with E-state index < -0.39 is 11.6 Å². The van der Waals surface area contributed by atoms with Crippen LogP contribution in [0.2, 0.25) is 0 Å². The lowest BCUT2D eigenvalue weighted by molar-refractivity contribution is 0.534. The Bertz CT molecular complexity index is 370. The van der Waals surface area contributed by atoms with Gasteiger partial charge in [-0.3, -0.25) is 0 Å². The van der Waals surface area contributed by atoms with Gasteiger partial charge in [0.15, 0.2) is 0 Å². The van der Waals surface area contributed by atoms with E-state index in [0.717, 1.165) is 12.2 Å². The quantitative estimate of drug-likeness (QED) is 0.793. The number of hydrogen-bond acceptors (Lipinski definition) is 2. The third kappa shape index (κ3) is 4.58. The molecule has 0 heterocycles. The van der Waals surface area contributed by atoms with Gasteiger partial charge in [0.2, 0.25) is 0 Å². The predicted octanol–water partition coefficient (Wildman–Crippen LogP) is 3.99. The lowest BCUT2D eigenvalue weighted by Gasteiger charge is -2.11. The molecule has 1 aromatic carbocycles. The Kier molecular flexibility index (Phi) is 6.09. The van der Waals surface area contributed by atoms with Crippen molar-refractivity contribution in [3.05, 3.63) is 29.3 Å². The molecule has 0 spiro atoms. The number of benzene rings is 1. The van der Waals surface area contributed by atoms with E-state index in [0.29, 0.717) is 17.9 Å². The van der Waals surface area contributed by atoms with Crippen molar-refractivity contribution in [2.24, 2.45) is 11.7 Å². The molecular formula is C14H21F2NS. The van der Waals surface area contributed by atoms with Crippen LogP contribution >= 0.6 is 11.8 Å². The van der Waals surface area contributed by atoms with Gasteiger partial charge in [0.1, 0.15) is 11.6 Å². The molecule has 0 aromatic heterocycles. The van der Waals surface area contributed by atoms with Crippen molar-refractivity contribution < 1.29 is 8.78 Å². The Labute approximate surface area is 112 Å². The van der Waals surface area contributed by atoms with Gasteiger partial charge in [0, 0.05) is 11.8 Å². The fourth-order valence-electron chi connectivity index (χ4n) is 1.58. The molecule has 0 bridgehead atoms. The zero-order valence-electron chi connectivity index (χ0n) is 11.2. The smallest absolute Gasteiger partial charge is 0.140 e. The van der Waals surface area contributed by atoms with Crippen molar-refractivity contribution in [1.82, 2.24) is 0 Å². The summed E-state index contributed by atoms with van der Waals surface area (Å²) >= 11 is 1.25. The molecule has 0 aliphatic carbocycles. The molecule has 1 rings (SSSR count). The lowest BCUT2D eigenvalue weighted by Crippen LogP contribution is -2.18. The van der Waals surface area contributed by atoms with Crippen molar-refractivity contribution in [2.75, 3.05) is 5.75 Å². The number of rotatable bonds is 6. The number of halogens is 2. The predicted molar refractivity (Wildman–Crippen MR) is 73.9 cm³/mol. The van der Waals surface area contributed by atoms with Crippen molar-refractivity contribution in [3.63, 3.8) is 0 Å². The molecule has 0 aliphatic heterocycles. The van der Waals surface area contributed by atoms with Gasteiger partial charge in [-0.05, 0) is 37.0 Å². The van der Waals surface area contributed by atoms with Gasteiger partial charge in [0.25, 0.3) is 0 Å². The van der Waals surface area contributed by atoms with Gasteiger partial charge >= 0.3 is 0 Å². The monoisotopic (exact) mass is 273 g/mol. The van der Waals surface area contributed by atoms with Gasteiger partial charge in [-0.1, -0.05) is 20.3 Å². The van der Waals surface area contributed by atoms with Gasteiger partial charge in [-0.2, -0.15) is 0 Å². The topological polar surface area (TPSA) is 26.0 Å². The average Bonchev–Trinajstić information content (AvgIpc) is 2.26. The largest absolute Gasteiger partial charge is 0.328 e. The van der Waals surface area contributed by atoms with Crippen molar-refractivity contribution in [3.8, 4) is 0 Å². The number of thioether (sulfide) groups is 1. The first-order valence-electron chi connectivity index (χ1n) is 6.30. The normalized spacial score (nSPS) is 14.6. The summed E-state index contributed by atoms with van der Waals surface area (Å²) in [7, 11) is 0. The van der Waals surface area contributed by atoms with E-state index in [9.17, 15) is 8.78 Å². The highest BCUT2D eigenvalue weighted by Crippen LogP contribution is 2.28. The third-order valence-corrected chi connectivity index (χ3v) is 4.24. The van der Waals surface area contributed by atoms with Gasteiger partial charge < -0.3 is 5.73 Å². The minimum atomic E-state index is -0.473. The van der Waals surface area contributed by atoms with Crippen LogP contribution in [0.4, 0.5) is 8.78 Å². The first-order chi connectivity index (χ1) is 8.43. The fourth-order valence-corrected chi connectivity index (χ4v) is 2.66. The van der Waals surface area contributed by atoms with Gasteiger partial charge in [-0.15, -0.1) is 11.8 Å². The van der Waals surface area contributed by atoms with Crippen LogP contribution in [0.3, 0.4) is 0 Å². The second kappa shape index (κ2) is 7.10. The van der Waals surface area contributed by atoms with E-state index in [1.165, 1.54) is 23.9 Å². The van der Waals surface area contributed by atoms with Crippen LogP contribution in [0, 0.1) is 17.6 Å². The summed E-state index contributed by atoms with van der Waals surface area (Å²) in [6.45, 7) is 5.97. The summed E-state index contributed by atoms with van der Waals surface area (Å²) in [4.78, 5) is 0.128. The van der Waals surface area contributed by atoms with Crippen LogP contribution < -0.4 is 5.73 Å². The highest BCUT2D eigenvalue weighted by molar-refractivity contribution is 7.99. The molecule has 1 nitrogen and oxygen atoms in total. The van der Waals surface area contributed by atoms with Crippen LogP contribution in [0.1, 0.15) is 32.8 Å². The van der Waals surface area contributed by atoms with Crippen molar-refractivity contribution in [1.29, 1.82) is 0 Å². The second-order valence-electron chi connectivity index (χ2n) is 4.89. The van der Waals surface area contributed by atoms with Crippen LogP contribution in [0.5, 0.6) is 0 Å². The summed E-state index contributed by atoms with van der Waals surface area (Å²) < 4.78 is 27.6. The molecule has 0 fully saturated rings. The second-order valence-corrected chi connectivity index (χ2v) is 5.92. The highest BCUT2D eigenvalue weighted by atomic mass is 32.2. The molecule has 0 amide bonds. The molecule has 102 valence electrons. The Balaban J connectivity index is 2.81. The molecular weight excluding hydrogens is 252 g/mol. The molecule has 0 saturated carbocycles. The summed E-state index contributed by atoms with van der Waals surface area (Å²) in [6.07, 6.45) is 1.50. The maximum Gasteiger partial charge on any atom is 0.140 e. The zero-order chi connectivity index (χ0) is 13.7. The first kappa shape index (κ1) is 15.4. The van der Waals surface area contributed by atoms with E-state index in [1.807, 2.05) is 6.92 Å². The fraction of sp³-hybridized carbons (Fsp3) is 0.571. The minimum absolute atomic E-state index is 0.0950. The summed E-state index contributed by atoms with van der Waals surface area (Å²) in [6, 6.07) is 2.69. The Hall–Kier alpha value is -0.610. The summed E-state index contributed by atoms with van der Waals surface area (Å²) in [5.41, 5.74) is 6.25. The van der Waals surface area contributed by atoms with E-state index >= 15 is 0 Å². The molecule has 2 atom stereocenters. The van der Waals surface area contributed by atoms with Crippen LogP contribution in [0.15, 0.2) is 17.0 Å². The molecule has 1 aromatic rings. The molecule has 2 N–H and O–H groups in total. The molecule has 0 aliphatic rings. The maximum absolute atomic E-state index is 13.8. The molecule has 2 unspecified atom stereocenters. The Morgan fingerprint density at radius 1 is 1.22 bits per heavy atom. The Morgan fingerprint density at radius 3 is 2.22 bits per heavy atom. The van der Waals surface area contributed by atoms with E-state index in [-0.39, 0.29) is 10.9 Å². The van der Waals surface area contributed by atoms with Crippen LogP contribution in [-0.4, -0.2) is 11.8 Å². The van der Waals surface area contributed by atoms with E-state index in [4.69, 9.17) is 5.73 Å². The Morgan fingerprint density at radius 2 is 1.78 bits per heavy atom. The summed E-state index contributed by atoms with van der Waals surface area (Å²) in [5, 5.41) is 0. The maximum atomic E-state index is 13.8. The minimum Gasteiger partial charge on any atom is -0.328 e. The van der Waals surface area contributed by atoms with Crippen LogP contribution in [0.25, 0.3) is 0 Å². The molecule has 0 saturated heterocycles. The highest BCUT2D eigenvalue weighted by Gasteiger charge is 2.13. The van der Waals surface area contributed by atoms with E-state index in [1.54, 1.807) is 0 Å². The SMILES string of the molecule is CCC(C)CSc1c(F)cc(CC(C)N)cc1F. The lowest BCUT2D eigenvalue weighted by atomic mass is 10.1. The number of hydrogen-bond donors (Lipinski definition) is 1. The van der Waals surface area contributed by atoms with Gasteiger partial charge in [0.05, 0.1) is 4.90 Å². The van der Waals surface area contributed by atoms with Crippen LogP contribution in [-0.2, 0) is 6.42 Å². The number of nitrogens with two attached hydrogens (primary N) is 1. The average molecular weight is 273 g/mol. The first-order valence-corrected chi connectivity index (χ1v) is 7.28. The van der Waals surface area contributed by atoms with Crippen molar-refractivity contribution in [2.45, 2.75) is 44.6 Å². The molecule has 0 radical (unpaired) electrons. The van der Waals surface area contributed by atoms with Gasteiger partial charge in [-0.25, -0.2) is 8.78 Å².